The third-order valence-corrected chi connectivity index (χ3v) is 3.37. The number of rotatable bonds is 5. The standard InChI is InChI=1S/C16H15ClF2N2O2/c17-11-4-1-3-10(7-11)8-20-16(23)21-9-14(22)15-12(18)5-2-6-13(15)19/h1-7,14,22H,8-9H2,(H2,20,21,23). The van der Waals surface area contributed by atoms with Crippen molar-refractivity contribution in [2.75, 3.05) is 6.54 Å². The summed E-state index contributed by atoms with van der Waals surface area (Å²) in [5.74, 6) is -1.72. The Morgan fingerprint density at radius 1 is 1.13 bits per heavy atom. The summed E-state index contributed by atoms with van der Waals surface area (Å²) in [5.41, 5.74) is 0.330. The van der Waals surface area contributed by atoms with Crippen molar-refractivity contribution in [1.82, 2.24) is 10.6 Å². The van der Waals surface area contributed by atoms with Gasteiger partial charge in [-0.3, -0.25) is 0 Å². The molecular weight excluding hydrogens is 326 g/mol. The number of halogens is 3. The quantitative estimate of drug-likeness (QED) is 0.783. The molecule has 0 aliphatic rings. The highest BCUT2D eigenvalue weighted by molar-refractivity contribution is 6.30. The number of nitrogens with one attached hydrogen (secondary N) is 2. The predicted octanol–water partition coefficient (Wildman–Crippen LogP) is 3.15. The number of hydrogen-bond acceptors (Lipinski definition) is 2. The van der Waals surface area contributed by atoms with Crippen LogP contribution in [0.25, 0.3) is 0 Å². The molecule has 0 aromatic heterocycles. The number of carbonyl (C=O) groups is 1. The van der Waals surface area contributed by atoms with Crippen molar-refractivity contribution in [3.8, 4) is 0 Å². The van der Waals surface area contributed by atoms with Gasteiger partial charge in [-0.15, -0.1) is 0 Å². The molecule has 3 N–H and O–H groups in total. The van der Waals surface area contributed by atoms with Crippen LogP contribution in [-0.2, 0) is 6.54 Å². The number of amides is 2. The molecule has 2 rings (SSSR count). The van der Waals surface area contributed by atoms with E-state index in [0.717, 1.165) is 17.7 Å². The van der Waals surface area contributed by atoms with E-state index in [0.29, 0.717) is 5.02 Å². The van der Waals surface area contributed by atoms with Crippen molar-refractivity contribution in [2.45, 2.75) is 12.6 Å². The molecule has 0 bridgehead atoms. The molecule has 0 aliphatic heterocycles. The summed E-state index contributed by atoms with van der Waals surface area (Å²) < 4.78 is 27.0. The van der Waals surface area contributed by atoms with Crippen LogP contribution in [0.2, 0.25) is 5.02 Å². The monoisotopic (exact) mass is 340 g/mol. The number of hydrogen-bond donors (Lipinski definition) is 3. The van der Waals surface area contributed by atoms with E-state index in [-0.39, 0.29) is 13.1 Å². The van der Waals surface area contributed by atoms with Gasteiger partial charge in [0.05, 0.1) is 5.56 Å². The molecule has 2 aromatic rings. The number of urea groups is 1. The fourth-order valence-corrected chi connectivity index (χ4v) is 2.23. The second-order valence-corrected chi connectivity index (χ2v) is 5.28. The van der Waals surface area contributed by atoms with Crippen LogP contribution in [0.3, 0.4) is 0 Å². The zero-order chi connectivity index (χ0) is 16.8. The second-order valence-electron chi connectivity index (χ2n) is 4.84. The lowest BCUT2D eigenvalue weighted by Gasteiger charge is -2.14. The molecule has 0 heterocycles. The lowest BCUT2D eigenvalue weighted by molar-refractivity contribution is 0.164. The van der Waals surface area contributed by atoms with E-state index in [1.54, 1.807) is 24.3 Å². The smallest absolute Gasteiger partial charge is 0.315 e. The lowest BCUT2D eigenvalue weighted by atomic mass is 10.1. The SMILES string of the molecule is O=C(NCc1cccc(Cl)c1)NCC(O)c1c(F)cccc1F. The van der Waals surface area contributed by atoms with E-state index in [1.807, 2.05) is 0 Å². The summed E-state index contributed by atoms with van der Waals surface area (Å²) >= 11 is 5.83. The van der Waals surface area contributed by atoms with Crippen molar-refractivity contribution in [2.24, 2.45) is 0 Å². The zero-order valence-electron chi connectivity index (χ0n) is 12.0. The van der Waals surface area contributed by atoms with Crippen molar-refractivity contribution < 1.29 is 18.7 Å². The molecule has 0 spiro atoms. The molecule has 0 fully saturated rings. The number of benzene rings is 2. The maximum absolute atomic E-state index is 13.5. The fourth-order valence-electron chi connectivity index (χ4n) is 2.01. The van der Waals surface area contributed by atoms with Gasteiger partial charge < -0.3 is 15.7 Å². The molecule has 1 unspecified atom stereocenters. The first kappa shape index (κ1) is 17.2. The van der Waals surface area contributed by atoms with E-state index in [1.165, 1.54) is 6.07 Å². The van der Waals surface area contributed by atoms with Crippen LogP contribution in [0.1, 0.15) is 17.2 Å². The molecule has 0 aliphatic carbocycles. The maximum atomic E-state index is 13.5. The third-order valence-electron chi connectivity index (χ3n) is 3.13. The Morgan fingerprint density at radius 3 is 2.43 bits per heavy atom. The van der Waals surface area contributed by atoms with Crippen LogP contribution in [0.4, 0.5) is 13.6 Å². The Morgan fingerprint density at radius 2 is 1.78 bits per heavy atom. The summed E-state index contributed by atoms with van der Waals surface area (Å²) in [6.07, 6.45) is -1.48. The van der Waals surface area contributed by atoms with Crippen LogP contribution in [0, 0.1) is 11.6 Å². The Labute approximate surface area is 137 Å². The molecule has 0 saturated heterocycles. The average Bonchev–Trinajstić information content (AvgIpc) is 2.51. The number of aliphatic hydroxyl groups excluding tert-OH is 1. The van der Waals surface area contributed by atoms with Crippen molar-refractivity contribution in [1.29, 1.82) is 0 Å². The Balaban J connectivity index is 1.84. The van der Waals surface area contributed by atoms with Crippen molar-refractivity contribution in [3.05, 3.63) is 70.2 Å². The molecule has 2 aromatic carbocycles. The van der Waals surface area contributed by atoms with Gasteiger partial charge in [-0.1, -0.05) is 29.8 Å². The van der Waals surface area contributed by atoms with E-state index in [2.05, 4.69) is 10.6 Å². The van der Waals surface area contributed by atoms with E-state index >= 15 is 0 Å². The minimum absolute atomic E-state index is 0.233. The number of carbonyl (C=O) groups excluding carboxylic acids is 1. The normalized spacial score (nSPS) is 11.8. The second kappa shape index (κ2) is 7.89. The largest absolute Gasteiger partial charge is 0.386 e. The van der Waals surface area contributed by atoms with E-state index < -0.39 is 29.3 Å². The minimum Gasteiger partial charge on any atom is -0.386 e. The molecule has 1 atom stereocenters. The first-order valence-electron chi connectivity index (χ1n) is 6.85. The maximum Gasteiger partial charge on any atom is 0.315 e. The highest BCUT2D eigenvalue weighted by atomic mass is 35.5. The summed E-state index contributed by atoms with van der Waals surface area (Å²) in [5, 5.41) is 15.3. The Hall–Kier alpha value is -2.18. The molecule has 23 heavy (non-hydrogen) atoms. The predicted molar refractivity (Wildman–Crippen MR) is 83.0 cm³/mol. The Bertz CT molecular complexity index is 677. The van der Waals surface area contributed by atoms with E-state index in [9.17, 15) is 18.7 Å². The highest BCUT2D eigenvalue weighted by Crippen LogP contribution is 2.19. The third kappa shape index (κ3) is 4.91. The fraction of sp³-hybridized carbons (Fsp3) is 0.188. The van der Waals surface area contributed by atoms with Crippen LogP contribution < -0.4 is 10.6 Å². The Kier molecular flexibility index (Phi) is 5.90. The van der Waals surface area contributed by atoms with Gasteiger partial charge in [0.15, 0.2) is 0 Å². The summed E-state index contributed by atoms with van der Waals surface area (Å²) in [4.78, 5) is 11.7. The van der Waals surface area contributed by atoms with Crippen LogP contribution >= 0.6 is 11.6 Å². The van der Waals surface area contributed by atoms with Gasteiger partial charge in [0.25, 0.3) is 0 Å². The van der Waals surface area contributed by atoms with Gasteiger partial charge in [0.2, 0.25) is 0 Å². The zero-order valence-corrected chi connectivity index (χ0v) is 12.8. The first-order valence-corrected chi connectivity index (χ1v) is 7.23. The highest BCUT2D eigenvalue weighted by Gasteiger charge is 2.18. The van der Waals surface area contributed by atoms with Gasteiger partial charge in [0.1, 0.15) is 17.7 Å². The molecule has 122 valence electrons. The molecule has 2 amide bonds. The van der Waals surface area contributed by atoms with E-state index in [4.69, 9.17) is 11.6 Å². The van der Waals surface area contributed by atoms with Gasteiger partial charge in [0, 0.05) is 18.1 Å². The summed E-state index contributed by atoms with van der Waals surface area (Å²) in [6.45, 7) is -0.0875. The number of aliphatic hydroxyl groups is 1. The lowest BCUT2D eigenvalue weighted by Crippen LogP contribution is -2.37. The topological polar surface area (TPSA) is 61.4 Å². The first-order chi connectivity index (χ1) is 11.0. The van der Waals surface area contributed by atoms with Crippen LogP contribution in [-0.4, -0.2) is 17.7 Å². The van der Waals surface area contributed by atoms with Crippen molar-refractivity contribution in [3.63, 3.8) is 0 Å². The molecule has 0 radical (unpaired) electrons. The van der Waals surface area contributed by atoms with Gasteiger partial charge in [-0.2, -0.15) is 0 Å². The van der Waals surface area contributed by atoms with Crippen molar-refractivity contribution >= 4 is 17.6 Å². The molecule has 0 saturated carbocycles. The molecule has 7 heteroatoms. The molecule has 4 nitrogen and oxygen atoms in total. The van der Waals surface area contributed by atoms with Gasteiger partial charge in [-0.05, 0) is 29.8 Å². The average molecular weight is 341 g/mol. The van der Waals surface area contributed by atoms with Crippen LogP contribution in [0.15, 0.2) is 42.5 Å². The molecular formula is C16H15ClF2N2O2. The van der Waals surface area contributed by atoms with Gasteiger partial charge >= 0.3 is 6.03 Å². The minimum atomic E-state index is -1.48. The van der Waals surface area contributed by atoms with Crippen LogP contribution in [0.5, 0.6) is 0 Å². The summed E-state index contributed by atoms with van der Waals surface area (Å²) in [6, 6.07) is 9.67. The van der Waals surface area contributed by atoms with Gasteiger partial charge in [-0.25, -0.2) is 13.6 Å². The summed E-state index contributed by atoms with van der Waals surface area (Å²) in [7, 11) is 0.